The summed E-state index contributed by atoms with van der Waals surface area (Å²) in [7, 11) is 1.65. The molecular weight excluding hydrogens is 238 g/mol. The van der Waals surface area contributed by atoms with Gasteiger partial charge in [-0.1, -0.05) is 24.3 Å². The van der Waals surface area contributed by atoms with Crippen LogP contribution in [0.5, 0.6) is 5.75 Å². The number of hydrogen-bond acceptors (Lipinski definition) is 4. The fourth-order valence-electron chi connectivity index (χ4n) is 2.09. The first-order chi connectivity index (χ1) is 9.29. The zero-order valence-corrected chi connectivity index (χ0v) is 10.5. The van der Waals surface area contributed by atoms with Crippen molar-refractivity contribution in [2.45, 2.75) is 0 Å². The Morgan fingerprint density at radius 1 is 0.895 bits per heavy atom. The first-order valence-electron chi connectivity index (χ1n) is 5.95. The van der Waals surface area contributed by atoms with Crippen molar-refractivity contribution >= 4 is 16.6 Å². The van der Waals surface area contributed by atoms with Crippen LogP contribution in [0.25, 0.3) is 22.0 Å². The van der Waals surface area contributed by atoms with Crippen LogP contribution in [0.2, 0.25) is 0 Å². The predicted molar refractivity (Wildman–Crippen MR) is 75.9 cm³/mol. The van der Waals surface area contributed by atoms with Crippen LogP contribution < -0.4 is 10.5 Å². The van der Waals surface area contributed by atoms with Gasteiger partial charge < -0.3 is 10.5 Å². The highest BCUT2D eigenvalue weighted by Crippen LogP contribution is 2.29. The maximum absolute atomic E-state index is 5.86. The highest BCUT2D eigenvalue weighted by molar-refractivity contribution is 5.99. The van der Waals surface area contributed by atoms with Crippen LogP contribution in [0.3, 0.4) is 0 Å². The van der Waals surface area contributed by atoms with Crippen molar-refractivity contribution < 1.29 is 4.74 Å². The second kappa shape index (κ2) is 4.57. The number of methoxy groups -OCH3 is 1. The number of anilines is 1. The van der Waals surface area contributed by atoms with Crippen LogP contribution in [0.1, 0.15) is 0 Å². The van der Waals surface area contributed by atoms with Gasteiger partial charge in [0.05, 0.1) is 7.11 Å². The van der Waals surface area contributed by atoms with Crippen molar-refractivity contribution in [1.82, 2.24) is 10.2 Å². The Bertz CT molecular complexity index is 723. The zero-order chi connectivity index (χ0) is 13.2. The smallest absolute Gasteiger partial charge is 0.154 e. The molecule has 4 heteroatoms. The topological polar surface area (TPSA) is 61.0 Å². The minimum Gasteiger partial charge on any atom is -0.497 e. The van der Waals surface area contributed by atoms with Gasteiger partial charge >= 0.3 is 0 Å². The van der Waals surface area contributed by atoms with Crippen LogP contribution in [-0.2, 0) is 0 Å². The molecule has 0 aliphatic rings. The van der Waals surface area contributed by atoms with Crippen LogP contribution in [0.4, 0.5) is 5.82 Å². The molecule has 3 rings (SSSR count). The van der Waals surface area contributed by atoms with E-state index in [1.54, 1.807) is 7.11 Å². The van der Waals surface area contributed by atoms with Crippen molar-refractivity contribution in [3.63, 3.8) is 0 Å². The normalized spacial score (nSPS) is 10.6. The minimum atomic E-state index is 0.452. The number of hydrogen-bond donors (Lipinski definition) is 1. The molecule has 0 amide bonds. The van der Waals surface area contributed by atoms with E-state index in [1.165, 1.54) is 0 Å². The van der Waals surface area contributed by atoms with E-state index in [2.05, 4.69) is 10.2 Å². The number of aromatic nitrogens is 2. The quantitative estimate of drug-likeness (QED) is 0.760. The third kappa shape index (κ3) is 1.97. The molecule has 4 nitrogen and oxygen atoms in total. The molecule has 0 spiro atoms. The summed E-state index contributed by atoms with van der Waals surface area (Å²) in [4.78, 5) is 0. The first-order valence-corrected chi connectivity index (χ1v) is 5.95. The number of benzene rings is 2. The van der Waals surface area contributed by atoms with Crippen LogP contribution >= 0.6 is 0 Å². The van der Waals surface area contributed by atoms with Crippen LogP contribution in [-0.4, -0.2) is 17.3 Å². The summed E-state index contributed by atoms with van der Waals surface area (Å²) in [5, 5.41) is 10.2. The van der Waals surface area contributed by atoms with E-state index in [1.807, 2.05) is 48.5 Å². The summed E-state index contributed by atoms with van der Waals surface area (Å²) in [5.41, 5.74) is 7.67. The average molecular weight is 251 g/mol. The maximum Gasteiger partial charge on any atom is 0.154 e. The molecule has 0 atom stereocenters. The summed E-state index contributed by atoms with van der Waals surface area (Å²) in [6.45, 7) is 0. The number of fused-ring (bicyclic) bond motifs is 1. The number of ether oxygens (including phenoxy) is 1. The molecule has 0 saturated heterocycles. The Labute approximate surface area is 110 Å². The van der Waals surface area contributed by atoms with Gasteiger partial charge in [0.25, 0.3) is 0 Å². The molecule has 1 aromatic heterocycles. The Hall–Kier alpha value is -2.62. The van der Waals surface area contributed by atoms with E-state index in [9.17, 15) is 0 Å². The van der Waals surface area contributed by atoms with E-state index >= 15 is 0 Å². The summed E-state index contributed by atoms with van der Waals surface area (Å²) in [5.74, 6) is 1.27. The second-order valence-corrected chi connectivity index (χ2v) is 4.21. The molecule has 3 aromatic rings. The fourth-order valence-corrected chi connectivity index (χ4v) is 2.09. The molecule has 0 unspecified atom stereocenters. The van der Waals surface area contributed by atoms with E-state index in [4.69, 9.17) is 10.5 Å². The van der Waals surface area contributed by atoms with E-state index in [0.717, 1.165) is 27.8 Å². The number of rotatable bonds is 2. The molecule has 94 valence electrons. The predicted octanol–water partition coefficient (Wildman–Crippen LogP) is 2.89. The molecule has 2 N–H and O–H groups in total. The Morgan fingerprint density at radius 3 is 2.26 bits per heavy atom. The van der Waals surface area contributed by atoms with Crippen molar-refractivity contribution in [2.75, 3.05) is 12.8 Å². The van der Waals surface area contributed by atoms with Gasteiger partial charge in [-0.15, -0.1) is 10.2 Å². The lowest BCUT2D eigenvalue weighted by atomic mass is 10.0. The van der Waals surface area contributed by atoms with E-state index < -0.39 is 0 Å². The van der Waals surface area contributed by atoms with Gasteiger partial charge in [-0.25, -0.2) is 0 Å². The lowest BCUT2D eigenvalue weighted by Crippen LogP contribution is -1.97. The van der Waals surface area contributed by atoms with E-state index in [0.29, 0.717) is 5.82 Å². The molecule has 19 heavy (non-hydrogen) atoms. The van der Waals surface area contributed by atoms with Gasteiger partial charge in [-0.3, -0.25) is 0 Å². The monoisotopic (exact) mass is 251 g/mol. The number of nitrogen functional groups attached to an aromatic ring is 1. The summed E-state index contributed by atoms with van der Waals surface area (Å²) < 4.78 is 5.16. The minimum absolute atomic E-state index is 0.452. The molecular formula is C15H13N3O. The van der Waals surface area contributed by atoms with Crippen LogP contribution in [0, 0.1) is 0 Å². The van der Waals surface area contributed by atoms with Gasteiger partial charge in [0.1, 0.15) is 11.4 Å². The van der Waals surface area contributed by atoms with Gasteiger partial charge in [-0.05, 0) is 24.3 Å². The van der Waals surface area contributed by atoms with Gasteiger partial charge in [0.2, 0.25) is 0 Å². The summed E-state index contributed by atoms with van der Waals surface area (Å²) in [6.07, 6.45) is 0. The maximum atomic E-state index is 5.86. The molecule has 2 aromatic carbocycles. The van der Waals surface area contributed by atoms with Crippen molar-refractivity contribution in [1.29, 1.82) is 0 Å². The Morgan fingerprint density at radius 2 is 1.58 bits per heavy atom. The van der Waals surface area contributed by atoms with Crippen LogP contribution in [0.15, 0.2) is 48.5 Å². The van der Waals surface area contributed by atoms with Crippen molar-refractivity contribution in [3.8, 4) is 17.0 Å². The standard InChI is InChI=1S/C15H13N3O/c1-19-11-8-6-10(7-9-11)14-12-4-2-3-5-13(12)15(16)18-17-14/h2-9H,1H3,(H2,16,18). The molecule has 0 aliphatic heterocycles. The molecule has 0 saturated carbocycles. The lowest BCUT2D eigenvalue weighted by molar-refractivity contribution is 0.415. The highest BCUT2D eigenvalue weighted by atomic mass is 16.5. The third-order valence-corrected chi connectivity index (χ3v) is 3.08. The SMILES string of the molecule is COc1ccc(-c2nnc(N)c3ccccc23)cc1. The molecule has 0 bridgehead atoms. The molecule has 1 heterocycles. The fraction of sp³-hybridized carbons (Fsp3) is 0.0667. The first kappa shape index (κ1) is 11.5. The highest BCUT2D eigenvalue weighted by Gasteiger charge is 2.08. The van der Waals surface area contributed by atoms with Gasteiger partial charge in [0, 0.05) is 16.3 Å². The third-order valence-electron chi connectivity index (χ3n) is 3.08. The Kier molecular flexibility index (Phi) is 2.76. The zero-order valence-electron chi connectivity index (χ0n) is 10.5. The number of nitrogens with two attached hydrogens (primary N) is 1. The van der Waals surface area contributed by atoms with Crippen molar-refractivity contribution in [2.24, 2.45) is 0 Å². The summed E-state index contributed by atoms with van der Waals surface area (Å²) in [6, 6.07) is 15.6. The van der Waals surface area contributed by atoms with Crippen molar-refractivity contribution in [3.05, 3.63) is 48.5 Å². The lowest BCUT2D eigenvalue weighted by Gasteiger charge is -2.07. The Balaban J connectivity index is 2.21. The molecule has 0 fully saturated rings. The average Bonchev–Trinajstić information content (AvgIpc) is 2.48. The largest absolute Gasteiger partial charge is 0.497 e. The molecule has 0 radical (unpaired) electrons. The number of nitrogens with zero attached hydrogens (tertiary/aromatic N) is 2. The van der Waals surface area contributed by atoms with E-state index in [-0.39, 0.29) is 0 Å². The summed E-state index contributed by atoms with van der Waals surface area (Å²) >= 11 is 0. The van der Waals surface area contributed by atoms with Gasteiger partial charge in [0.15, 0.2) is 5.82 Å². The molecule has 0 aliphatic carbocycles. The van der Waals surface area contributed by atoms with Gasteiger partial charge in [-0.2, -0.15) is 0 Å². The second-order valence-electron chi connectivity index (χ2n) is 4.21.